The van der Waals surface area contributed by atoms with Crippen molar-refractivity contribution in [3.63, 3.8) is 0 Å². The molecule has 0 aliphatic carbocycles. The summed E-state index contributed by atoms with van der Waals surface area (Å²) < 4.78 is 41.9. The van der Waals surface area contributed by atoms with Gasteiger partial charge in [0.1, 0.15) is 41.9 Å². The van der Waals surface area contributed by atoms with E-state index in [0.29, 0.717) is 25.8 Å². The number of aliphatic carboxylic acids is 1. The molecular formula is C43H78F3N17O11. The van der Waals surface area contributed by atoms with Crippen molar-refractivity contribution in [1.29, 1.82) is 0 Å². The maximum Gasteiger partial charge on any atom is 0.391 e. The maximum absolute atomic E-state index is 14.1. The lowest BCUT2D eigenvalue weighted by atomic mass is 10.1. The smallest absolute Gasteiger partial charge is 0.391 e. The summed E-state index contributed by atoms with van der Waals surface area (Å²) in [6, 6.07) is -10.8. The number of carboxylic acids is 1. The molecule has 0 radical (unpaired) electrons. The Morgan fingerprint density at radius 3 is 1.82 bits per heavy atom. The highest BCUT2D eigenvalue weighted by molar-refractivity contribution is 5.99. The number of carbonyl (C=O) groups excluding carboxylic acids is 8. The van der Waals surface area contributed by atoms with Gasteiger partial charge in [-0.15, -0.1) is 0 Å². The minimum atomic E-state index is -5.05. The first-order valence-electron chi connectivity index (χ1n) is 24.3. The van der Waals surface area contributed by atoms with Gasteiger partial charge in [0, 0.05) is 19.6 Å². The van der Waals surface area contributed by atoms with Crippen LogP contribution in [-0.4, -0.2) is 181 Å². The van der Waals surface area contributed by atoms with Crippen molar-refractivity contribution in [2.45, 2.75) is 144 Å². The van der Waals surface area contributed by atoms with Gasteiger partial charge in [0.25, 0.3) is 0 Å². The molecule has 1 aliphatic rings. The minimum Gasteiger partial charge on any atom is -0.477 e. The van der Waals surface area contributed by atoms with Crippen LogP contribution >= 0.6 is 0 Å². The first kappa shape index (κ1) is 65.8. The summed E-state index contributed by atoms with van der Waals surface area (Å²) in [6.45, 7) is -0.759. The molecule has 1 aliphatic heterocycles. The summed E-state index contributed by atoms with van der Waals surface area (Å²) in [7, 11) is 0. The van der Waals surface area contributed by atoms with Crippen LogP contribution < -0.4 is 83.1 Å². The fourth-order valence-electron chi connectivity index (χ4n) is 7.40. The number of carboxylic acid groups (broad SMARTS) is 1. The van der Waals surface area contributed by atoms with Gasteiger partial charge in [-0.1, -0.05) is 12.5 Å². The van der Waals surface area contributed by atoms with Gasteiger partial charge in [0.2, 0.25) is 47.3 Å². The second-order valence-electron chi connectivity index (χ2n) is 17.4. The Hall–Kier alpha value is -6.25. The highest BCUT2D eigenvalue weighted by atomic mass is 19.4. The number of nitrogens with zero attached hydrogens (tertiary/aromatic N) is 2. The third-order valence-corrected chi connectivity index (χ3v) is 11.3. The molecule has 0 aromatic heterocycles. The molecule has 31 heteroatoms. The van der Waals surface area contributed by atoms with E-state index in [1.54, 1.807) is 0 Å². The monoisotopic (exact) mass is 1070 g/mol. The van der Waals surface area contributed by atoms with Gasteiger partial charge in [-0.2, -0.15) is 13.2 Å². The highest BCUT2D eigenvalue weighted by Gasteiger charge is 2.42. The third kappa shape index (κ3) is 25.1. The number of aliphatic imine (C=N–C) groups is 1. The molecule has 0 aromatic carbocycles. The van der Waals surface area contributed by atoms with Gasteiger partial charge in [0.15, 0.2) is 5.96 Å². The summed E-state index contributed by atoms with van der Waals surface area (Å²) in [6.07, 6.45) is -5.64. The Labute approximate surface area is 426 Å². The van der Waals surface area contributed by atoms with E-state index in [1.807, 2.05) is 0 Å². The van der Waals surface area contributed by atoms with Crippen LogP contribution in [0.3, 0.4) is 0 Å². The highest BCUT2D eigenvalue weighted by Crippen LogP contribution is 2.24. The molecule has 0 saturated carbocycles. The number of likely N-dealkylation sites (tertiary alicyclic amines) is 1. The summed E-state index contributed by atoms with van der Waals surface area (Å²) >= 11 is 0. The van der Waals surface area contributed by atoms with Crippen LogP contribution in [0.5, 0.6) is 0 Å². The Bertz CT molecular complexity index is 1910. The van der Waals surface area contributed by atoms with E-state index < -0.39 is 133 Å². The minimum absolute atomic E-state index is 0.0378. The Morgan fingerprint density at radius 1 is 0.689 bits per heavy atom. The number of nitrogens with one attached hydrogen (secondary N) is 7. The van der Waals surface area contributed by atoms with Crippen molar-refractivity contribution < 1.29 is 66.5 Å². The molecule has 0 unspecified atom stereocenters. The molecule has 1 heterocycles. The van der Waals surface area contributed by atoms with Gasteiger partial charge in [-0.25, -0.2) is 4.79 Å². The molecule has 1 rings (SSSR count). The standard InChI is InChI=1S/C43H78F3N17O11/c44-43(45,46)21-29(37(69)58-26(10-2-4-16-48)36(68)60-28(41(73)74)13-7-19-55-42(53)54)61-38(70)30-14-8-20-63(30)40(72)27(12-6-18-50)57-32(65)23-56-35(67)25(11-5-17-49)59-39(71)33(31(64)22-51)62-34(66)24(52)9-1-3-15-47/h13,24-27,29-31,33,64H,1-12,14-23,47-52H2,(H,56,67)(H,57,65)(H,58,69)(H,59,71)(H,60,68)(H,61,70)(H,62,66)(H,73,74)(H4,53,54,55)/b28-13-/t24-,25-,26-,27+,29-,30-,31-,33+/m0/s1. The zero-order chi connectivity index (χ0) is 56.0. The first-order valence-corrected chi connectivity index (χ1v) is 24.3. The summed E-state index contributed by atoms with van der Waals surface area (Å²) in [5, 5.41) is 36.1. The van der Waals surface area contributed by atoms with Crippen LogP contribution in [0.4, 0.5) is 13.2 Å². The van der Waals surface area contributed by atoms with Gasteiger partial charge >= 0.3 is 12.1 Å². The zero-order valence-corrected chi connectivity index (χ0v) is 41.5. The van der Waals surface area contributed by atoms with Crippen molar-refractivity contribution in [1.82, 2.24) is 42.1 Å². The van der Waals surface area contributed by atoms with Crippen LogP contribution in [-0.2, 0) is 43.2 Å². The van der Waals surface area contributed by atoms with Crippen molar-refractivity contribution in [2.75, 3.05) is 52.4 Å². The summed E-state index contributed by atoms with van der Waals surface area (Å²) in [4.78, 5) is 124. The predicted octanol–water partition coefficient (Wildman–Crippen LogP) is -6.40. The van der Waals surface area contributed by atoms with Crippen LogP contribution in [0, 0.1) is 0 Å². The van der Waals surface area contributed by atoms with E-state index in [-0.39, 0.29) is 103 Å². The number of amides is 8. The molecule has 8 amide bonds. The van der Waals surface area contributed by atoms with Gasteiger partial charge < -0.3 is 98.2 Å². The van der Waals surface area contributed by atoms with E-state index in [4.69, 9.17) is 45.9 Å². The SMILES string of the molecule is NCCCC[C@H](NC(=O)[C@H](CC(F)(F)F)NC(=O)[C@@H]1CCCN1C(=O)[C@@H](CCCN)NC(=O)CNC(=O)[C@H](CCCN)NC(=O)[C@H](NC(=O)[C@@H](N)CCCCN)[C@@H](O)CN)C(=O)N/C(=C\CCN=C(N)N)C(=O)O. The van der Waals surface area contributed by atoms with E-state index >= 15 is 0 Å². The number of alkyl halides is 3. The van der Waals surface area contributed by atoms with Crippen LogP contribution in [0.1, 0.15) is 89.9 Å². The van der Waals surface area contributed by atoms with Crippen LogP contribution in [0.2, 0.25) is 0 Å². The number of rotatable bonds is 36. The number of aliphatic hydroxyl groups is 1. The fraction of sp³-hybridized carbons (Fsp3) is 0.721. The fourth-order valence-corrected chi connectivity index (χ4v) is 7.40. The Balaban J connectivity index is 3.26. The number of carbonyl (C=O) groups is 9. The molecule has 25 N–H and O–H groups in total. The number of hydrogen-bond acceptors (Lipinski definition) is 17. The lowest BCUT2D eigenvalue weighted by Crippen LogP contribution is -2.61. The average molecular weight is 1070 g/mol. The lowest BCUT2D eigenvalue weighted by molar-refractivity contribution is -0.153. The van der Waals surface area contributed by atoms with Crippen molar-refractivity contribution in [2.24, 2.45) is 50.9 Å². The van der Waals surface area contributed by atoms with Crippen LogP contribution in [0.15, 0.2) is 16.8 Å². The number of guanidine groups is 1. The Kier molecular flexibility index (Phi) is 31.1. The molecule has 1 saturated heterocycles. The van der Waals surface area contributed by atoms with Crippen molar-refractivity contribution >= 4 is 59.2 Å². The molecule has 8 atom stereocenters. The quantitative estimate of drug-likeness (QED) is 0.0120. The molecule has 0 aromatic rings. The van der Waals surface area contributed by atoms with Gasteiger partial charge in [-0.3, -0.25) is 43.3 Å². The largest absolute Gasteiger partial charge is 0.477 e. The second-order valence-corrected chi connectivity index (χ2v) is 17.4. The molecule has 74 heavy (non-hydrogen) atoms. The van der Waals surface area contributed by atoms with Gasteiger partial charge in [0.05, 0.1) is 25.1 Å². The number of nitrogens with two attached hydrogens (primary N) is 8. The number of halogens is 3. The first-order chi connectivity index (χ1) is 34.9. The topological polar surface area (TPSA) is 502 Å². The number of hydrogen-bond donors (Lipinski definition) is 17. The van der Waals surface area contributed by atoms with E-state index in [0.717, 1.165) is 11.0 Å². The van der Waals surface area contributed by atoms with E-state index in [9.17, 15) is 66.5 Å². The molecule has 0 spiro atoms. The average Bonchev–Trinajstić information content (AvgIpc) is 3.84. The molecule has 28 nitrogen and oxygen atoms in total. The Morgan fingerprint density at radius 2 is 1.26 bits per heavy atom. The second kappa shape index (κ2) is 35.0. The molecule has 422 valence electrons. The van der Waals surface area contributed by atoms with Crippen LogP contribution in [0.25, 0.3) is 0 Å². The molecule has 0 bridgehead atoms. The summed E-state index contributed by atoms with van der Waals surface area (Å²) in [5.41, 5.74) is 43.8. The molecular weight excluding hydrogens is 988 g/mol. The molecule has 1 fully saturated rings. The van der Waals surface area contributed by atoms with E-state index in [2.05, 4.69) is 42.2 Å². The number of aliphatic hydroxyl groups excluding tert-OH is 1. The normalized spacial score (nSPS) is 16.5. The predicted molar refractivity (Wildman–Crippen MR) is 263 cm³/mol. The summed E-state index contributed by atoms with van der Waals surface area (Å²) in [5.74, 6) is -10.0. The maximum atomic E-state index is 14.1. The van der Waals surface area contributed by atoms with Crippen molar-refractivity contribution in [3.8, 4) is 0 Å². The van der Waals surface area contributed by atoms with Gasteiger partial charge in [-0.05, 0) is 103 Å². The lowest BCUT2D eigenvalue weighted by Gasteiger charge is -2.30. The zero-order valence-electron chi connectivity index (χ0n) is 41.5. The van der Waals surface area contributed by atoms with E-state index in [1.165, 1.54) is 0 Å². The number of unbranched alkanes of at least 4 members (excludes halogenated alkanes) is 2. The third-order valence-electron chi connectivity index (χ3n) is 11.3. The van der Waals surface area contributed by atoms with Crippen molar-refractivity contribution in [3.05, 3.63) is 11.8 Å².